The lowest BCUT2D eigenvalue weighted by Crippen LogP contribution is -2.66. The quantitative estimate of drug-likeness (QED) is 0.0508. The van der Waals surface area contributed by atoms with Crippen molar-refractivity contribution in [3.8, 4) is 0 Å². The molecule has 15 N–H and O–H groups in total. The molecule has 64 heavy (non-hydrogen) atoms. The Hall–Kier alpha value is -5.13. The van der Waals surface area contributed by atoms with Crippen molar-refractivity contribution >= 4 is 53.2 Å². The van der Waals surface area contributed by atoms with Gasteiger partial charge in [-0.3, -0.25) is 43.2 Å². The largest absolute Gasteiger partial charge is 0.394 e. The van der Waals surface area contributed by atoms with Crippen molar-refractivity contribution in [1.82, 2.24) is 41.7 Å². The molecule has 9 amide bonds. The van der Waals surface area contributed by atoms with E-state index in [2.05, 4.69) is 31.9 Å². The van der Waals surface area contributed by atoms with E-state index in [0.29, 0.717) is 0 Å². The standard InChI is InChI=1S/C37H61N9O18/c1-15(51)25(39-17(3)52)33(59)42-20(12-48)35(61)46-10-6-8-23(46)32(58)44-26(16(2)63-37-27(40-18(4)53)29(55)28(54)24(14-50)64-37)34(60)43-21(13-49)36(62)45-9-5-7-22(45)31(57)41-19(11-47)30(38)56/h15-16,19-29,37,47-51,54-55H,5-14H2,1-4H3,(H2,38,56)(H,39,52)(H,40,53)(H,41,57)(H,42,59)(H,43,60)(H,44,58)/t15-,16-,19+,20+,21+,22+,23+,24-,25+,26+,27-,28-,29-,37-/m1/s1. The number of rotatable bonds is 21. The number of ether oxygens (including phenoxy) is 2. The van der Waals surface area contributed by atoms with Crippen LogP contribution in [0.1, 0.15) is 53.4 Å². The van der Waals surface area contributed by atoms with E-state index in [9.17, 15) is 78.9 Å². The summed E-state index contributed by atoms with van der Waals surface area (Å²) in [5, 5.41) is 84.9. The zero-order chi connectivity index (χ0) is 48.2. The van der Waals surface area contributed by atoms with Crippen LogP contribution in [-0.4, -0.2) is 223 Å². The number of aliphatic hydroxyl groups excluding tert-OH is 7. The highest BCUT2D eigenvalue weighted by molar-refractivity contribution is 5.98. The van der Waals surface area contributed by atoms with Crippen LogP contribution < -0.4 is 37.6 Å². The van der Waals surface area contributed by atoms with Crippen molar-refractivity contribution in [3.05, 3.63) is 0 Å². The Morgan fingerprint density at radius 3 is 1.59 bits per heavy atom. The summed E-state index contributed by atoms with van der Waals surface area (Å²) in [5.41, 5.74) is 5.21. The molecule has 3 saturated heterocycles. The number of aliphatic hydroxyl groups is 7. The van der Waals surface area contributed by atoms with Gasteiger partial charge in [0.25, 0.3) is 0 Å². The van der Waals surface area contributed by atoms with Crippen LogP contribution in [0.15, 0.2) is 0 Å². The second kappa shape index (κ2) is 24.2. The first-order chi connectivity index (χ1) is 30.1. The summed E-state index contributed by atoms with van der Waals surface area (Å²) in [6.07, 6.45) is -9.14. The Labute approximate surface area is 366 Å². The Balaban J connectivity index is 1.94. The first-order valence-electron chi connectivity index (χ1n) is 20.6. The fourth-order valence-electron chi connectivity index (χ4n) is 7.52. The maximum Gasteiger partial charge on any atom is 0.248 e. The van der Waals surface area contributed by atoms with E-state index in [4.69, 9.17) is 15.2 Å². The number of likely N-dealkylation sites (tertiary alicyclic amines) is 2. The molecule has 3 aliphatic rings. The second-order valence-corrected chi connectivity index (χ2v) is 15.7. The van der Waals surface area contributed by atoms with E-state index in [0.717, 1.165) is 23.6 Å². The second-order valence-electron chi connectivity index (χ2n) is 15.7. The molecule has 3 aliphatic heterocycles. The molecule has 3 heterocycles. The van der Waals surface area contributed by atoms with Crippen molar-refractivity contribution in [1.29, 1.82) is 0 Å². The zero-order valence-corrected chi connectivity index (χ0v) is 35.7. The molecule has 0 spiro atoms. The number of nitrogens with one attached hydrogen (secondary N) is 6. The number of carbonyl (C=O) groups excluding carboxylic acids is 9. The topological polar surface area (TPSA) is 418 Å². The monoisotopic (exact) mass is 919 g/mol. The lowest BCUT2D eigenvalue weighted by atomic mass is 9.96. The van der Waals surface area contributed by atoms with Gasteiger partial charge in [-0.1, -0.05) is 0 Å². The first-order valence-corrected chi connectivity index (χ1v) is 20.6. The van der Waals surface area contributed by atoms with Crippen LogP contribution >= 0.6 is 0 Å². The van der Waals surface area contributed by atoms with Gasteiger partial charge >= 0.3 is 0 Å². The van der Waals surface area contributed by atoms with Gasteiger partial charge in [-0.25, -0.2) is 0 Å². The summed E-state index contributed by atoms with van der Waals surface area (Å²) in [6.45, 7) is 0.753. The molecule has 0 radical (unpaired) electrons. The molecule has 3 fully saturated rings. The summed E-state index contributed by atoms with van der Waals surface area (Å²) in [5.74, 6) is -8.48. The van der Waals surface area contributed by atoms with Gasteiger partial charge in [0, 0.05) is 26.9 Å². The molecule has 0 aromatic carbocycles. The molecule has 0 bridgehead atoms. The predicted octanol–water partition coefficient (Wildman–Crippen LogP) is -9.40. The lowest BCUT2D eigenvalue weighted by Gasteiger charge is -2.43. The van der Waals surface area contributed by atoms with Crippen molar-refractivity contribution in [2.24, 2.45) is 5.73 Å². The molecule has 14 atom stereocenters. The van der Waals surface area contributed by atoms with Crippen molar-refractivity contribution in [3.63, 3.8) is 0 Å². The molecule has 0 aromatic rings. The number of carbonyl (C=O) groups is 9. The molecule has 0 unspecified atom stereocenters. The Morgan fingerprint density at radius 1 is 0.688 bits per heavy atom. The molecule has 27 heteroatoms. The predicted molar refractivity (Wildman–Crippen MR) is 213 cm³/mol. The fraction of sp³-hybridized carbons (Fsp3) is 0.757. The third-order valence-electron chi connectivity index (χ3n) is 10.9. The number of nitrogens with zero attached hydrogens (tertiary/aromatic N) is 2. The third kappa shape index (κ3) is 13.5. The van der Waals surface area contributed by atoms with Crippen molar-refractivity contribution in [2.75, 3.05) is 39.5 Å². The van der Waals surface area contributed by atoms with Gasteiger partial charge in [-0.15, -0.1) is 0 Å². The fourth-order valence-corrected chi connectivity index (χ4v) is 7.52. The molecule has 27 nitrogen and oxygen atoms in total. The number of hydrogen-bond donors (Lipinski definition) is 14. The Morgan fingerprint density at radius 2 is 1.17 bits per heavy atom. The van der Waals surface area contributed by atoms with Gasteiger partial charge in [0.05, 0.1) is 38.6 Å². The summed E-state index contributed by atoms with van der Waals surface area (Å²) < 4.78 is 11.6. The van der Waals surface area contributed by atoms with Crippen LogP contribution in [0.5, 0.6) is 0 Å². The van der Waals surface area contributed by atoms with Crippen molar-refractivity contribution < 1.29 is 88.4 Å². The van der Waals surface area contributed by atoms with Crippen LogP contribution in [0, 0.1) is 0 Å². The Bertz CT molecular complexity index is 1710. The van der Waals surface area contributed by atoms with Gasteiger partial charge in [0.1, 0.15) is 66.6 Å². The van der Waals surface area contributed by atoms with E-state index in [1.807, 2.05) is 0 Å². The number of nitrogens with two attached hydrogens (primary N) is 1. The van der Waals surface area contributed by atoms with Gasteiger partial charge in [0.15, 0.2) is 6.29 Å². The number of hydrogen-bond acceptors (Lipinski definition) is 18. The third-order valence-corrected chi connectivity index (χ3v) is 10.9. The zero-order valence-electron chi connectivity index (χ0n) is 35.7. The van der Waals surface area contributed by atoms with Gasteiger partial charge in [-0.2, -0.15) is 0 Å². The van der Waals surface area contributed by atoms with E-state index < -0.39 is 165 Å². The van der Waals surface area contributed by atoms with E-state index >= 15 is 0 Å². The normalized spacial score (nSPS) is 26.5. The minimum absolute atomic E-state index is 0.0168. The number of amides is 9. The average molecular weight is 920 g/mol. The molecular formula is C37H61N9O18. The average Bonchev–Trinajstić information content (AvgIpc) is 3.95. The summed E-state index contributed by atoms with van der Waals surface area (Å²) >= 11 is 0. The lowest BCUT2D eigenvalue weighted by molar-refractivity contribution is -0.281. The van der Waals surface area contributed by atoms with E-state index in [-0.39, 0.29) is 38.8 Å². The van der Waals surface area contributed by atoms with E-state index in [1.54, 1.807) is 0 Å². The molecule has 3 rings (SSSR count). The summed E-state index contributed by atoms with van der Waals surface area (Å²) in [6, 6.07) is -12.5. The molecule has 0 aromatic heterocycles. The molecule has 0 aliphatic carbocycles. The smallest absolute Gasteiger partial charge is 0.248 e. The number of primary amides is 1. The maximum atomic E-state index is 14.2. The van der Waals surface area contributed by atoms with Gasteiger partial charge < -0.3 is 92.7 Å². The van der Waals surface area contributed by atoms with Crippen LogP contribution in [0.25, 0.3) is 0 Å². The Kier molecular flexibility index (Phi) is 20.2. The SMILES string of the molecule is CC(=O)N[C@H]1[C@H](O[C@H](C)[C@H](NC(=O)[C@@H]2CCCN2C(=O)[C@H](CO)NC(=O)[C@@H](NC(C)=O)[C@@H](C)O)C(=O)N[C@@H](CO)C(=O)N2CCC[C@H]2C(=O)N[C@@H](CO)C(N)=O)O[C@H](CO)[C@@H](O)[C@@H]1O. The van der Waals surface area contributed by atoms with Crippen LogP contribution in [-0.2, 0) is 52.6 Å². The molecule has 0 saturated carbocycles. The molecule has 362 valence electrons. The highest BCUT2D eigenvalue weighted by Gasteiger charge is 2.48. The van der Waals surface area contributed by atoms with Gasteiger partial charge in [0.2, 0.25) is 53.2 Å². The van der Waals surface area contributed by atoms with Gasteiger partial charge in [-0.05, 0) is 39.5 Å². The summed E-state index contributed by atoms with van der Waals surface area (Å²) in [4.78, 5) is 119. The highest BCUT2D eigenvalue weighted by Crippen LogP contribution is 2.25. The van der Waals surface area contributed by atoms with Crippen LogP contribution in [0.3, 0.4) is 0 Å². The van der Waals surface area contributed by atoms with Crippen LogP contribution in [0.4, 0.5) is 0 Å². The van der Waals surface area contributed by atoms with Crippen molar-refractivity contribution in [2.45, 2.75) is 139 Å². The van der Waals surface area contributed by atoms with Crippen LogP contribution in [0.2, 0.25) is 0 Å². The summed E-state index contributed by atoms with van der Waals surface area (Å²) in [7, 11) is 0. The first kappa shape index (κ1) is 53.2. The minimum Gasteiger partial charge on any atom is -0.394 e. The molecular weight excluding hydrogens is 858 g/mol. The maximum absolute atomic E-state index is 14.2. The van der Waals surface area contributed by atoms with E-state index in [1.165, 1.54) is 13.8 Å². The highest BCUT2D eigenvalue weighted by atomic mass is 16.7. The minimum atomic E-state index is -1.89.